The molecule has 0 saturated carbocycles. The van der Waals surface area contributed by atoms with Crippen molar-refractivity contribution in [3.05, 3.63) is 70.4 Å². The van der Waals surface area contributed by atoms with Crippen LogP contribution in [-0.2, 0) is 6.54 Å². The topological polar surface area (TPSA) is 68.0 Å². The molecule has 0 aliphatic heterocycles. The average molecular weight is 326 g/mol. The standard InChI is InChI=1S/C18H16ClN3O/c1-11-9-16(21-10-12-5-7-13(19)8-6-12)14-3-2-4-15(18(20)23)17(14)22-11/h2-9H,10H2,1H3,(H2,20,23)(H,21,22). The minimum Gasteiger partial charge on any atom is -0.380 e. The van der Waals surface area contributed by atoms with E-state index in [-0.39, 0.29) is 0 Å². The zero-order valence-electron chi connectivity index (χ0n) is 12.6. The summed E-state index contributed by atoms with van der Waals surface area (Å²) >= 11 is 5.90. The third-order valence-electron chi connectivity index (χ3n) is 3.63. The number of nitrogens with two attached hydrogens (primary N) is 1. The highest BCUT2D eigenvalue weighted by molar-refractivity contribution is 6.30. The van der Waals surface area contributed by atoms with Crippen molar-refractivity contribution < 1.29 is 4.79 Å². The number of primary amides is 1. The lowest BCUT2D eigenvalue weighted by molar-refractivity contribution is 0.100. The smallest absolute Gasteiger partial charge is 0.250 e. The summed E-state index contributed by atoms with van der Waals surface area (Å²) in [5.74, 6) is -0.475. The normalized spacial score (nSPS) is 10.7. The Balaban J connectivity index is 1.98. The number of carbonyl (C=O) groups excluding carboxylic acids is 1. The summed E-state index contributed by atoms with van der Waals surface area (Å²) in [6.45, 7) is 2.54. The molecule has 0 bridgehead atoms. The van der Waals surface area contributed by atoms with Crippen molar-refractivity contribution >= 4 is 34.1 Å². The van der Waals surface area contributed by atoms with E-state index in [1.165, 1.54) is 0 Å². The summed E-state index contributed by atoms with van der Waals surface area (Å²) in [7, 11) is 0. The van der Waals surface area contributed by atoms with E-state index in [1.54, 1.807) is 6.07 Å². The number of benzene rings is 2. The van der Waals surface area contributed by atoms with E-state index >= 15 is 0 Å². The summed E-state index contributed by atoms with van der Waals surface area (Å²) in [5.41, 5.74) is 9.36. The third-order valence-corrected chi connectivity index (χ3v) is 3.88. The van der Waals surface area contributed by atoms with Gasteiger partial charge in [-0.2, -0.15) is 0 Å². The van der Waals surface area contributed by atoms with E-state index in [0.717, 1.165) is 22.3 Å². The molecule has 4 nitrogen and oxygen atoms in total. The lowest BCUT2D eigenvalue weighted by Crippen LogP contribution is -2.12. The van der Waals surface area contributed by atoms with E-state index in [0.29, 0.717) is 22.6 Å². The number of aromatic nitrogens is 1. The molecular weight excluding hydrogens is 310 g/mol. The molecule has 0 spiro atoms. The van der Waals surface area contributed by atoms with Gasteiger partial charge in [0, 0.05) is 28.3 Å². The monoisotopic (exact) mass is 325 g/mol. The quantitative estimate of drug-likeness (QED) is 0.764. The first-order valence-electron chi connectivity index (χ1n) is 7.23. The van der Waals surface area contributed by atoms with Crippen LogP contribution in [0.15, 0.2) is 48.5 Å². The number of carbonyl (C=O) groups is 1. The maximum absolute atomic E-state index is 11.6. The number of fused-ring (bicyclic) bond motifs is 1. The Labute approximate surface area is 139 Å². The summed E-state index contributed by atoms with van der Waals surface area (Å²) in [6, 6.07) is 15.1. The van der Waals surface area contributed by atoms with Crippen molar-refractivity contribution in [3.63, 3.8) is 0 Å². The number of halogens is 1. The first-order chi connectivity index (χ1) is 11.0. The minimum atomic E-state index is -0.475. The fourth-order valence-corrected chi connectivity index (χ4v) is 2.65. The summed E-state index contributed by atoms with van der Waals surface area (Å²) in [6.07, 6.45) is 0. The molecule has 3 aromatic rings. The van der Waals surface area contributed by atoms with Gasteiger partial charge in [-0.25, -0.2) is 0 Å². The van der Waals surface area contributed by atoms with Crippen molar-refractivity contribution in [2.24, 2.45) is 5.73 Å². The second-order valence-corrected chi connectivity index (χ2v) is 5.79. The van der Waals surface area contributed by atoms with Crippen LogP contribution in [0.25, 0.3) is 10.9 Å². The van der Waals surface area contributed by atoms with Crippen LogP contribution in [-0.4, -0.2) is 10.9 Å². The van der Waals surface area contributed by atoms with Crippen LogP contribution < -0.4 is 11.1 Å². The number of hydrogen-bond acceptors (Lipinski definition) is 3. The van der Waals surface area contributed by atoms with Crippen LogP contribution in [0.1, 0.15) is 21.6 Å². The molecule has 1 amide bonds. The number of amides is 1. The Kier molecular flexibility index (Phi) is 4.17. The van der Waals surface area contributed by atoms with Gasteiger partial charge in [0.25, 0.3) is 5.91 Å². The van der Waals surface area contributed by atoms with Crippen LogP contribution >= 0.6 is 11.6 Å². The lowest BCUT2D eigenvalue weighted by Gasteiger charge is -2.12. The van der Waals surface area contributed by atoms with E-state index in [1.807, 2.05) is 49.4 Å². The Morgan fingerprint density at radius 2 is 1.96 bits per heavy atom. The number of aryl methyl sites for hydroxylation is 1. The maximum atomic E-state index is 11.6. The fraction of sp³-hybridized carbons (Fsp3) is 0.111. The molecule has 3 rings (SSSR count). The van der Waals surface area contributed by atoms with Gasteiger partial charge in [-0.1, -0.05) is 35.9 Å². The molecule has 1 heterocycles. The summed E-state index contributed by atoms with van der Waals surface area (Å²) in [4.78, 5) is 16.1. The van der Waals surface area contributed by atoms with Crippen LogP contribution in [0.4, 0.5) is 5.69 Å². The molecule has 1 aromatic heterocycles. The van der Waals surface area contributed by atoms with Crippen molar-refractivity contribution in [3.8, 4) is 0 Å². The third kappa shape index (κ3) is 3.27. The van der Waals surface area contributed by atoms with Gasteiger partial charge < -0.3 is 11.1 Å². The van der Waals surface area contributed by atoms with Crippen LogP contribution in [0, 0.1) is 6.92 Å². The second-order valence-electron chi connectivity index (χ2n) is 5.36. The predicted molar refractivity (Wildman–Crippen MR) is 93.8 cm³/mol. The first-order valence-corrected chi connectivity index (χ1v) is 7.61. The number of nitrogens with zero attached hydrogens (tertiary/aromatic N) is 1. The number of hydrogen-bond donors (Lipinski definition) is 2. The van der Waals surface area contributed by atoms with Crippen LogP contribution in [0.3, 0.4) is 0 Å². The molecule has 0 aliphatic carbocycles. The van der Waals surface area contributed by atoms with Crippen molar-refractivity contribution in [2.45, 2.75) is 13.5 Å². The Hall–Kier alpha value is -2.59. The number of anilines is 1. The average Bonchev–Trinajstić information content (AvgIpc) is 2.53. The molecule has 0 fully saturated rings. The van der Waals surface area contributed by atoms with Crippen LogP contribution in [0.5, 0.6) is 0 Å². The van der Waals surface area contributed by atoms with Gasteiger partial charge in [-0.15, -0.1) is 0 Å². The van der Waals surface area contributed by atoms with E-state index in [4.69, 9.17) is 17.3 Å². The molecule has 0 unspecified atom stereocenters. The molecule has 0 saturated heterocycles. The molecule has 3 N–H and O–H groups in total. The highest BCUT2D eigenvalue weighted by atomic mass is 35.5. The minimum absolute atomic E-state index is 0.431. The predicted octanol–water partition coefficient (Wildman–Crippen LogP) is 3.91. The van der Waals surface area contributed by atoms with Crippen molar-refractivity contribution in [2.75, 3.05) is 5.32 Å². The highest BCUT2D eigenvalue weighted by Crippen LogP contribution is 2.26. The van der Waals surface area contributed by atoms with Crippen LogP contribution in [0.2, 0.25) is 5.02 Å². The SMILES string of the molecule is Cc1cc(NCc2ccc(Cl)cc2)c2cccc(C(N)=O)c2n1. The van der Waals surface area contributed by atoms with Crippen molar-refractivity contribution in [1.29, 1.82) is 0 Å². The molecule has 116 valence electrons. The number of para-hydroxylation sites is 1. The molecule has 0 radical (unpaired) electrons. The van der Waals surface area contributed by atoms with Crippen molar-refractivity contribution in [1.82, 2.24) is 4.98 Å². The zero-order chi connectivity index (χ0) is 16.4. The van der Waals surface area contributed by atoms with Gasteiger partial charge in [0.2, 0.25) is 0 Å². The first kappa shape index (κ1) is 15.3. The summed E-state index contributed by atoms with van der Waals surface area (Å²) < 4.78 is 0. The summed E-state index contributed by atoms with van der Waals surface area (Å²) in [5, 5.41) is 4.98. The van der Waals surface area contributed by atoms with E-state index < -0.39 is 5.91 Å². The molecule has 2 aromatic carbocycles. The fourth-order valence-electron chi connectivity index (χ4n) is 2.52. The second kappa shape index (κ2) is 6.26. The molecular formula is C18H16ClN3O. The molecule has 0 atom stereocenters. The van der Waals surface area contributed by atoms with E-state index in [2.05, 4.69) is 10.3 Å². The molecule has 23 heavy (non-hydrogen) atoms. The zero-order valence-corrected chi connectivity index (χ0v) is 13.4. The van der Waals surface area contributed by atoms with Gasteiger partial charge in [0.1, 0.15) is 0 Å². The van der Waals surface area contributed by atoms with Gasteiger partial charge in [-0.3, -0.25) is 9.78 Å². The number of rotatable bonds is 4. The molecule has 5 heteroatoms. The highest BCUT2D eigenvalue weighted by Gasteiger charge is 2.11. The van der Waals surface area contributed by atoms with E-state index in [9.17, 15) is 4.79 Å². The number of pyridine rings is 1. The molecule has 0 aliphatic rings. The Morgan fingerprint density at radius 3 is 2.65 bits per heavy atom. The van der Waals surface area contributed by atoms with Gasteiger partial charge in [-0.05, 0) is 36.8 Å². The Bertz CT molecular complexity index is 875. The van der Waals surface area contributed by atoms with Gasteiger partial charge in [0.05, 0.1) is 11.1 Å². The van der Waals surface area contributed by atoms with Gasteiger partial charge in [0.15, 0.2) is 0 Å². The lowest BCUT2D eigenvalue weighted by atomic mass is 10.1. The Morgan fingerprint density at radius 1 is 1.22 bits per heavy atom. The maximum Gasteiger partial charge on any atom is 0.250 e. The number of nitrogens with one attached hydrogen (secondary N) is 1. The van der Waals surface area contributed by atoms with Gasteiger partial charge >= 0.3 is 0 Å². The largest absolute Gasteiger partial charge is 0.380 e.